The van der Waals surface area contributed by atoms with Gasteiger partial charge in [-0.05, 0) is 36.8 Å². The summed E-state index contributed by atoms with van der Waals surface area (Å²) in [5.74, 6) is 0.0353. The maximum atomic E-state index is 14.2. The van der Waals surface area contributed by atoms with E-state index in [0.29, 0.717) is 27.8 Å². The van der Waals surface area contributed by atoms with Gasteiger partial charge in [-0.15, -0.1) is 0 Å². The van der Waals surface area contributed by atoms with Crippen LogP contribution in [-0.2, 0) is 0 Å². The van der Waals surface area contributed by atoms with Gasteiger partial charge in [0.05, 0.1) is 11.1 Å². The predicted octanol–water partition coefficient (Wildman–Crippen LogP) is 3.93. The first-order chi connectivity index (χ1) is 10.1. The maximum Gasteiger partial charge on any atom is 0.165 e. The van der Waals surface area contributed by atoms with Crippen LogP contribution in [0.4, 0.5) is 14.6 Å². The number of halogens is 2. The fraction of sp³-hybridized carbons (Fsp3) is 0.125. The van der Waals surface area contributed by atoms with Crippen molar-refractivity contribution in [2.24, 2.45) is 0 Å². The molecule has 106 valence electrons. The molecule has 0 aliphatic heterocycles. The summed E-state index contributed by atoms with van der Waals surface area (Å²) < 4.78 is 27.6. The standard InChI is InChI=1S/C16H13F2N3/c1-9-4-3-5-11(14(9)18)16-20-13-7-6-10(17)8-12(13)15(19-2)21-16/h3-8H,1-2H3,(H,19,20,21). The summed E-state index contributed by atoms with van der Waals surface area (Å²) in [5.41, 5.74) is 1.42. The van der Waals surface area contributed by atoms with Crippen LogP contribution >= 0.6 is 0 Å². The summed E-state index contributed by atoms with van der Waals surface area (Å²) in [6.45, 7) is 1.69. The van der Waals surface area contributed by atoms with Gasteiger partial charge in [-0.1, -0.05) is 12.1 Å². The van der Waals surface area contributed by atoms with Crippen molar-refractivity contribution in [2.45, 2.75) is 6.92 Å². The van der Waals surface area contributed by atoms with Gasteiger partial charge in [-0.25, -0.2) is 18.7 Å². The molecular formula is C16H13F2N3. The molecule has 0 amide bonds. The Morgan fingerprint density at radius 2 is 1.86 bits per heavy atom. The van der Waals surface area contributed by atoms with Gasteiger partial charge in [0.2, 0.25) is 0 Å². The first-order valence-electron chi connectivity index (χ1n) is 6.50. The SMILES string of the molecule is CNc1nc(-c2cccc(C)c2F)nc2ccc(F)cc12. The highest BCUT2D eigenvalue weighted by molar-refractivity contribution is 5.90. The molecule has 0 spiro atoms. The van der Waals surface area contributed by atoms with Gasteiger partial charge in [0.1, 0.15) is 17.5 Å². The molecule has 0 fully saturated rings. The van der Waals surface area contributed by atoms with Crippen LogP contribution in [0.25, 0.3) is 22.3 Å². The molecule has 0 atom stereocenters. The first-order valence-corrected chi connectivity index (χ1v) is 6.50. The molecule has 21 heavy (non-hydrogen) atoms. The molecule has 1 N–H and O–H groups in total. The van der Waals surface area contributed by atoms with Gasteiger partial charge in [0, 0.05) is 12.4 Å². The highest BCUT2D eigenvalue weighted by Gasteiger charge is 2.13. The smallest absolute Gasteiger partial charge is 0.165 e. The molecule has 3 aromatic rings. The summed E-state index contributed by atoms with van der Waals surface area (Å²) in [6, 6.07) is 9.32. The molecule has 3 rings (SSSR count). The predicted molar refractivity (Wildman–Crippen MR) is 79.2 cm³/mol. The van der Waals surface area contributed by atoms with Gasteiger partial charge >= 0.3 is 0 Å². The molecule has 3 nitrogen and oxygen atoms in total. The summed E-state index contributed by atoms with van der Waals surface area (Å²) >= 11 is 0. The van der Waals surface area contributed by atoms with Crippen molar-refractivity contribution in [1.29, 1.82) is 0 Å². The molecule has 0 bridgehead atoms. The summed E-state index contributed by atoms with van der Waals surface area (Å²) in [4.78, 5) is 8.64. The van der Waals surface area contributed by atoms with Crippen molar-refractivity contribution in [3.8, 4) is 11.4 Å². The monoisotopic (exact) mass is 285 g/mol. The van der Waals surface area contributed by atoms with Gasteiger partial charge in [0.25, 0.3) is 0 Å². The largest absolute Gasteiger partial charge is 0.373 e. The molecule has 1 aromatic heterocycles. The highest BCUT2D eigenvalue weighted by atomic mass is 19.1. The molecule has 0 saturated heterocycles. The third-order valence-electron chi connectivity index (χ3n) is 3.33. The van der Waals surface area contributed by atoms with Gasteiger partial charge in [0.15, 0.2) is 5.82 Å². The van der Waals surface area contributed by atoms with E-state index in [1.807, 2.05) is 0 Å². The Labute approximate surface area is 120 Å². The Balaban J connectivity index is 2.29. The Bertz CT molecular complexity index is 831. The molecule has 0 aliphatic carbocycles. The molecular weight excluding hydrogens is 272 g/mol. The zero-order valence-electron chi connectivity index (χ0n) is 11.6. The highest BCUT2D eigenvalue weighted by Crippen LogP contribution is 2.27. The lowest BCUT2D eigenvalue weighted by Crippen LogP contribution is -2.00. The minimum Gasteiger partial charge on any atom is -0.373 e. The number of nitrogens with zero attached hydrogens (tertiary/aromatic N) is 2. The van der Waals surface area contributed by atoms with Crippen molar-refractivity contribution in [3.63, 3.8) is 0 Å². The number of hydrogen-bond acceptors (Lipinski definition) is 3. The molecule has 0 radical (unpaired) electrons. The molecule has 0 saturated carbocycles. The fourth-order valence-electron chi connectivity index (χ4n) is 2.23. The zero-order chi connectivity index (χ0) is 15.0. The van der Waals surface area contributed by atoms with Crippen molar-refractivity contribution >= 4 is 16.7 Å². The van der Waals surface area contributed by atoms with E-state index < -0.39 is 0 Å². The topological polar surface area (TPSA) is 37.8 Å². The lowest BCUT2D eigenvalue weighted by Gasteiger charge is -2.09. The Morgan fingerprint density at radius 1 is 1.05 bits per heavy atom. The summed E-state index contributed by atoms with van der Waals surface area (Å²) in [7, 11) is 1.68. The van der Waals surface area contributed by atoms with E-state index in [0.717, 1.165) is 0 Å². The van der Waals surface area contributed by atoms with Crippen LogP contribution < -0.4 is 5.32 Å². The third kappa shape index (κ3) is 2.31. The van der Waals surface area contributed by atoms with Crippen molar-refractivity contribution in [3.05, 3.63) is 53.6 Å². The van der Waals surface area contributed by atoms with Crippen LogP contribution in [0, 0.1) is 18.6 Å². The van der Waals surface area contributed by atoms with E-state index in [1.54, 1.807) is 38.2 Å². The van der Waals surface area contributed by atoms with Crippen molar-refractivity contribution in [1.82, 2.24) is 9.97 Å². The average Bonchev–Trinajstić information content (AvgIpc) is 2.49. The van der Waals surface area contributed by atoms with Gasteiger partial charge in [-0.2, -0.15) is 0 Å². The Morgan fingerprint density at radius 3 is 2.62 bits per heavy atom. The van der Waals surface area contributed by atoms with E-state index in [2.05, 4.69) is 15.3 Å². The van der Waals surface area contributed by atoms with Gasteiger partial charge in [-0.3, -0.25) is 0 Å². The number of rotatable bonds is 2. The third-order valence-corrected chi connectivity index (χ3v) is 3.33. The normalized spacial score (nSPS) is 10.9. The molecule has 5 heteroatoms. The van der Waals surface area contributed by atoms with E-state index >= 15 is 0 Å². The van der Waals surface area contributed by atoms with Crippen LogP contribution in [0.1, 0.15) is 5.56 Å². The second-order valence-corrected chi connectivity index (χ2v) is 4.74. The molecule has 0 unspecified atom stereocenters. The van der Waals surface area contributed by atoms with Crippen molar-refractivity contribution in [2.75, 3.05) is 12.4 Å². The first kappa shape index (κ1) is 13.4. The van der Waals surface area contributed by atoms with E-state index in [4.69, 9.17) is 0 Å². The number of aryl methyl sites for hydroxylation is 1. The van der Waals surface area contributed by atoms with Crippen LogP contribution in [0.5, 0.6) is 0 Å². The maximum absolute atomic E-state index is 14.2. The number of fused-ring (bicyclic) bond motifs is 1. The van der Waals surface area contributed by atoms with Crippen LogP contribution in [-0.4, -0.2) is 17.0 Å². The number of hydrogen-bond donors (Lipinski definition) is 1. The molecule has 0 aliphatic rings. The zero-order valence-corrected chi connectivity index (χ0v) is 11.6. The van der Waals surface area contributed by atoms with Crippen LogP contribution in [0.15, 0.2) is 36.4 Å². The minimum atomic E-state index is -0.364. The average molecular weight is 285 g/mol. The second-order valence-electron chi connectivity index (χ2n) is 4.74. The second kappa shape index (κ2) is 5.09. The summed E-state index contributed by atoms with van der Waals surface area (Å²) in [6.07, 6.45) is 0. The number of nitrogens with one attached hydrogen (secondary N) is 1. The minimum absolute atomic E-state index is 0.277. The quantitative estimate of drug-likeness (QED) is 0.775. The van der Waals surface area contributed by atoms with Crippen LogP contribution in [0.3, 0.4) is 0 Å². The van der Waals surface area contributed by atoms with Crippen LogP contribution in [0.2, 0.25) is 0 Å². The number of aromatic nitrogens is 2. The van der Waals surface area contributed by atoms with E-state index in [-0.39, 0.29) is 17.5 Å². The number of benzene rings is 2. The lowest BCUT2D eigenvalue weighted by molar-refractivity contribution is 0.620. The molecule has 1 heterocycles. The number of anilines is 1. The van der Waals surface area contributed by atoms with E-state index in [1.165, 1.54) is 12.1 Å². The van der Waals surface area contributed by atoms with E-state index in [9.17, 15) is 8.78 Å². The Hall–Kier alpha value is -2.56. The van der Waals surface area contributed by atoms with Gasteiger partial charge < -0.3 is 5.32 Å². The fourth-order valence-corrected chi connectivity index (χ4v) is 2.23. The lowest BCUT2D eigenvalue weighted by atomic mass is 10.1. The molecule has 2 aromatic carbocycles. The van der Waals surface area contributed by atoms with Crippen molar-refractivity contribution < 1.29 is 8.78 Å². The Kier molecular flexibility index (Phi) is 3.25. The summed E-state index contributed by atoms with van der Waals surface area (Å²) in [5, 5.41) is 3.47.